The third kappa shape index (κ3) is 4.18. The van der Waals surface area contributed by atoms with Gasteiger partial charge in [0, 0.05) is 27.0 Å². The lowest BCUT2D eigenvalue weighted by atomic mass is 10.1. The highest BCUT2D eigenvalue weighted by Crippen LogP contribution is 2.35. The first-order valence-corrected chi connectivity index (χ1v) is 10.8. The van der Waals surface area contributed by atoms with Gasteiger partial charge in [-0.1, -0.05) is 11.6 Å². The third-order valence-electron chi connectivity index (χ3n) is 4.11. The molecule has 3 atom stereocenters. The molecule has 0 spiro atoms. The van der Waals surface area contributed by atoms with Crippen LogP contribution in [-0.4, -0.2) is 27.5 Å². The second-order valence-electron chi connectivity index (χ2n) is 5.89. The molecule has 1 aliphatic heterocycles. The molecule has 1 saturated heterocycles. The van der Waals surface area contributed by atoms with Crippen LogP contribution in [0.25, 0.3) is 0 Å². The molecule has 1 fully saturated rings. The minimum atomic E-state index is -1.50. The van der Waals surface area contributed by atoms with Crippen molar-refractivity contribution in [2.24, 2.45) is 0 Å². The zero-order valence-electron chi connectivity index (χ0n) is 13.9. The molecule has 1 aromatic heterocycles. The summed E-state index contributed by atoms with van der Waals surface area (Å²) in [5.74, 6) is -0.870. The van der Waals surface area contributed by atoms with Crippen LogP contribution in [-0.2, 0) is 16.0 Å². The average Bonchev–Trinajstić information content (AvgIpc) is 2.92. The highest BCUT2D eigenvalue weighted by molar-refractivity contribution is 9.10. The summed E-state index contributed by atoms with van der Waals surface area (Å²) in [5.41, 5.74) is 0.394. The van der Waals surface area contributed by atoms with Crippen LogP contribution in [0.5, 0.6) is 0 Å². The summed E-state index contributed by atoms with van der Waals surface area (Å²) in [6.45, 7) is 1.99. The number of likely N-dealkylation sites (N-methyl/N-ethyl adjacent to an activating group) is 1. The zero-order valence-corrected chi connectivity index (χ0v) is 17.9. The standard InChI is InChI=1S/C16H16BrClFN3O2S2/c1-8-10(17)6-15(25-8)13-7-14(22(2)26(24)21-13)16(23)20-9-3-4-12(19)11(18)5-9/h3-6,13-14,21H,7H2,1-2H3,(H,20,23). The Morgan fingerprint density at radius 3 is 2.85 bits per heavy atom. The van der Waals surface area contributed by atoms with E-state index in [1.54, 1.807) is 18.4 Å². The highest BCUT2D eigenvalue weighted by Gasteiger charge is 2.37. The van der Waals surface area contributed by atoms with E-state index in [-0.39, 0.29) is 17.0 Å². The molecule has 0 radical (unpaired) electrons. The predicted octanol–water partition coefficient (Wildman–Crippen LogP) is 4.16. The first kappa shape index (κ1) is 19.9. The smallest absolute Gasteiger partial charge is 0.242 e. The Morgan fingerprint density at radius 2 is 2.23 bits per heavy atom. The number of rotatable bonds is 3. The van der Waals surface area contributed by atoms with Gasteiger partial charge in [0.05, 0.1) is 11.1 Å². The number of amides is 1. The zero-order chi connectivity index (χ0) is 19.0. The molecule has 0 aliphatic carbocycles. The van der Waals surface area contributed by atoms with Gasteiger partial charge in [0.1, 0.15) is 11.9 Å². The van der Waals surface area contributed by atoms with Crippen LogP contribution in [0.3, 0.4) is 0 Å². The molecule has 2 N–H and O–H groups in total. The van der Waals surface area contributed by atoms with E-state index >= 15 is 0 Å². The molecule has 0 bridgehead atoms. The number of nitrogens with one attached hydrogen (secondary N) is 2. The summed E-state index contributed by atoms with van der Waals surface area (Å²) in [6, 6.07) is 5.16. The van der Waals surface area contributed by atoms with E-state index in [1.807, 2.05) is 13.0 Å². The third-order valence-corrected chi connectivity index (χ3v) is 7.92. The van der Waals surface area contributed by atoms with Gasteiger partial charge in [0.15, 0.2) is 11.2 Å². The first-order chi connectivity index (χ1) is 12.3. The maximum atomic E-state index is 13.3. The van der Waals surface area contributed by atoms with Crippen LogP contribution in [0.1, 0.15) is 22.2 Å². The molecule has 10 heteroatoms. The first-order valence-electron chi connectivity index (χ1n) is 7.69. The van der Waals surface area contributed by atoms with Crippen LogP contribution < -0.4 is 10.0 Å². The summed E-state index contributed by atoms with van der Waals surface area (Å²) >= 11 is 9.33. The molecular weight excluding hydrogens is 465 g/mol. The number of nitrogens with zero attached hydrogens (tertiary/aromatic N) is 1. The van der Waals surface area contributed by atoms with E-state index in [4.69, 9.17) is 11.6 Å². The van der Waals surface area contributed by atoms with E-state index < -0.39 is 23.0 Å². The molecule has 1 aromatic carbocycles. The van der Waals surface area contributed by atoms with Gasteiger partial charge in [-0.25, -0.2) is 17.6 Å². The number of halogens is 3. The van der Waals surface area contributed by atoms with Crippen molar-refractivity contribution in [1.82, 2.24) is 9.03 Å². The number of benzene rings is 1. The highest BCUT2D eigenvalue weighted by atomic mass is 79.9. The molecule has 2 aromatic rings. The monoisotopic (exact) mass is 479 g/mol. The van der Waals surface area contributed by atoms with Crippen molar-refractivity contribution in [1.29, 1.82) is 0 Å². The second kappa shape index (κ2) is 8.04. The van der Waals surface area contributed by atoms with E-state index in [9.17, 15) is 13.4 Å². The summed E-state index contributed by atoms with van der Waals surface area (Å²) in [7, 11) is 1.62. The Morgan fingerprint density at radius 1 is 1.50 bits per heavy atom. The van der Waals surface area contributed by atoms with Gasteiger partial charge in [-0.05, 0) is 53.5 Å². The minimum absolute atomic E-state index is 0.0678. The van der Waals surface area contributed by atoms with E-state index in [2.05, 4.69) is 26.0 Å². The van der Waals surface area contributed by atoms with Gasteiger partial charge in [0.2, 0.25) is 5.91 Å². The fourth-order valence-corrected chi connectivity index (χ4v) is 5.57. The molecule has 0 saturated carbocycles. The van der Waals surface area contributed by atoms with Crippen molar-refractivity contribution in [2.45, 2.75) is 25.4 Å². The quantitative estimate of drug-likeness (QED) is 0.693. The lowest BCUT2D eigenvalue weighted by Crippen LogP contribution is -2.52. The fraction of sp³-hybridized carbons (Fsp3) is 0.312. The number of thiophene rings is 1. The topological polar surface area (TPSA) is 61.4 Å². The molecule has 1 aliphatic rings. The van der Waals surface area contributed by atoms with Crippen molar-refractivity contribution in [3.8, 4) is 0 Å². The molecule has 3 rings (SSSR count). The van der Waals surface area contributed by atoms with Crippen LogP contribution in [0.2, 0.25) is 5.02 Å². The van der Waals surface area contributed by atoms with Crippen LogP contribution in [0.15, 0.2) is 28.7 Å². The molecule has 1 amide bonds. The number of carbonyl (C=O) groups excluding carboxylic acids is 1. The number of hydrogen-bond acceptors (Lipinski definition) is 3. The lowest BCUT2D eigenvalue weighted by Gasteiger charge is -2.35. The molecule has 140 valence electrons. The Hall–Kier alpha value is -0.840. The Kier molecular flexibility index (Phi) is 6.15. The summed E-state index contributed by atoms with van der Waals surface area (Å²) in [5, 5.41) is 2.65. The van der Waals surface area contributed by atoms with Crippen LogP contribution >= 0.6 is 38.9 Å². The molecule has 26 heavy (non-hydrogen) atoms. The Labute approximate surface area is 170 Å². The second-order valence-corrected chi connectivity index (χ2v) is 9.75. The van der Waals surface area contributed by atoms with Gasteiger partial charge in [-0.2, -0.15) is 0 Å². The van der Waals surface area contributed by atoms with Crippen molar-refractivity contribution < 1.29 is 13.4 Å². The van der Waals surface area contributed by atoms with Gasteiger partial charge < -0.3 is 5.32 Å². The van der Waals surface area contributed by atoms with Crippen molar-refractivity contribution in [2.75, 3.05) is 12.4 Å². The Bertz CT molecular complexity index is 860. The molecular formula is C16H16BrClFN3O2S2. The van der Waals surface area contributed by atoms with Crippen molar-refractivity contribution >= 4 is 61.6 Å². The Balaban J connectivity index is 1.78. The number of aryl methyl sites for hydroxylation is 1. The molecule has 5 nitrogen and oxygen atoms in total. The van der Waals surface area contributed by atoms with Gasteiger partial charge in [-0.3, -0.25) is 4.79 Å². The average molecular weight is 481 g/mol. The van der Waals surface area contributed by atoms with E-state index in [0.717, 1.165) is 14.2 Å². The van der Waals surface area contributed by atoms with Gasteiger partial charge >= 0.3 is 0 Å². The van der Waals surface area contributed by atoms with E-state index in [0.29, 0.717) is 12.1 Å². The SMILES string of the molecule is Cc1sc(C2CC(C(=O)Nc3ccc(F)c(Cl)c3)N(C)S(=O)N2)cc1Br. The van der Waals surface area contributed by atoms with Crippen molar-refractivity contribution in [3.63, 3.8) is 0 Å². The molecule has 2 heterocycles. The predicted molar refractivity (Wildman–Crippen MR) is 107 cm³/mol. The molecule has 3 unspecified atom stereocenters. The maximum Gasteiger partial charge on any atom is 0.242 e. The number of carbonyl (C=O) groups is 1. The summed E-state index contributed by atoms with van der Waals surface area (Å²) in [4.78, 5) is 14.8. The van der Waals surface area contributed by atoms with Crippen molar-refractivity contribution in [3.05, 3.63) is 49.3 Å². The van der Waals surface area contributed by atoms with E-state index in [1.165, 1.54) is 22.5 Å². The summed E-state index contributed by atoms with van der Waals surface area (Å²) in [6.07, 6.45) is 0.454. The van der Waals surface area contributed by atoms with Crippen LogP contribution in [0, 0.1) is 12.7 Å². The summed E-state index contributed by atoms with van der Waals surface area (Å²) < 4.78 is 31.2. The largest absolute Gasteiger partial charge is 0.325 e. The lowest BCUT2D eigenvalue weighted by molar-refractivity contribution is -0.120. The van der Waals surface area contributed by atoms with Crippen LogP contribution in [0.4, 0.5) is 10.1 Å². The fourth-order valence-electron chi connectivity index (χ4n) is 2.64. The maximum absolute atomic E-state index is 13.3. The number of hydrogen-bond donors (Lipinski definition) is 2. The van der Waals surface area contributed by atoms with Gasteiger partial charge in [-0.15, -0.1) is 11.3 Å². The van der Waals surface area contributed by atoms with Gasteiger partial charge in [0.25, 0.3) is 0 Å². The normalized spacial score (nSPS) is 23.8. The number of anilines is 1. The minimum Gasteiger partial charge on any atom is -0.325 e.